The van der Waals surface area contributed by atoms with Gasteiger partial charge in [0.05, 0.1) is 14.2 Å². The molecule has 0 saturated carbocycles. The molecule has 0 aliphatic carbocycles. The summed E-state index contributed by atoms with van der Waals surface area (Å²) in [5.41, 5.74) is 2.38. The van der Waals surface area contributed by atoms with Gasteiger partial charge in [-0.2, -0.15) is 0 Å². The van der Waals surface area contributed by atoms with Crippen molar-refractivity contribution in [1.29, 1.82) is 0 Å². The predicted octanol–water partition coefficient (Wildman–Crippen LogP) is 3.39. The number of hydrogen-bond acceptors (Lipinski definition) is 3. The van der Waals surface area contributed by atoms with E-state index in [-0.39, 0.29) is 5.41 Å². The fourth-order valence-electron chi connectivity index (χ4n) is 2.85. The van der Waals surface area contributed by atoms with Crippen molar-refractivity contribution >= 4 is 5.96 Å². The highest BCUT2D eigenvalue weighted by Crippen LogP contribution is 2.32. The molecule has 0 bridgehead atoms. The van der Waals surface area contributed by atoms with Gasteiger partial charge in [0.2, 0.25) is 0 Å². The van der Waals surface area contributed by atoms with Crippen molar-refractivity contribution in [1.82, 2.24) is 10.6 Å². The van der Waals surface area contributed by atoms with E-state index in [9.17, 15) is 0 Å². The Morgan fingerprint density at radius 3 is 2.30 bits per heavy atom. The van der Waals surface area contributed by atoms with Gasteiger partial charge in [0.15, 0.2) is 17.5 Å². The monoisotopic (exact) mass is 369 g/mol. The number of ether oxygens (including phenoxy) is 2. The molecule has 0 fully saturated rings. The fourth-order valence-corrected chi connectivity index (χ4v) is 2.85. The molecule has 0 heterocycles. The lowest BCUT2D eigenvalue weighted by Gasteiger charge is -2.27. The summed E-state index contributed by atoms with van der Waals surface area (Å²) in [5, 5.41) is 6.80. The van der Waals surface area contributed by atoms with Crippen LogP contribution in [0.4, 0.5) is 0 Å². The van der Waals surface area contributed by atoms with Gasteiger partial charge in [-0.05, 0) is 29.7 Å². The van der Waals surface area contributed by atoms with Crippen LogP contribution in [0, 0.1) is 0 Å². The summed E-state index contributed by atoms with van der Waals surface area (Å²) in [5.74, 6) is 2.29. The van der Waals surface area contributed by atoms with E-state index >= 15 is 0 Å². The minimum atomic E-state index is -0.101. The second-order valence-electron chi connectivity index (χ2n) is 7.04. The molecule has 0 amide bonds. The van der Waals surface area contributed by atoms with E-state index < -0.39 is 0 Å². The molecule has 0 unspecified atom stereocenters. The van der Waals surface area contributed by atoms with E-state index in [0.717, 1.165) is 37.0 Å². The van der Waals surface area contributed by atoms with Crippen molar-refractivity contribution in [2.24, 2.45) is 4.99 Å². The largest absolute Gasteiger partial charge is 0.493 e. The lowest BCUT2D eigenvalue weighted by atomic mass is 9.84. The van der Waals surface area contributed by atoms with Crippen LogP contribution in [0.25, 0.3) is 0 Å². The molecule has 5 nitrogen and oxygen atoms in total. The molecular formula is C22H31N3O2. The van der Waals surface area contributed by atoms with E-state index in [1.54, 1.807) is 21.3 Å². The van der Waals surface area contributed by atoms with Gasteiger partial charge in [0.1, 0.15) is 0 Å². The van der Waals surface area contributed by atoms with Crippen LogP contribution in [0.5, 0.6) is 11.5 Å². The highest BCUT2D eigenvalue weighted by Gasteiger charge is 2.22. The van der Waals surface area contributed by atoms with Crippen molar-refractivity contribution in [2.45, 2.75) is 25.7 Å². The Morgan fingerprint density at radius 1 is 0.963 bits per heavy atom. The molecule has 0 atom stereocenters. The normalized spacial score (nSPS) is 11.8. The van der Waals surface area contributed by atoms with Gasteiger partial charge in [-0.1, -0.05) is 50.2 Å². The Labute approximate surface area is 162 Å². The second-order valence-corrected chi connectivity index (χ2v) is 7.04. The van der Waals surface area contributed by atoms with Gasteiger partial charge in [0.25, 0.3) is 0 Å². The van der Waals surface area contributed by atoms with Crippen LogP contribution in [0.1, 0.15) is 25.0 Å². The van der Waals surface area contributed by atoms with Crippen molar-refractivity contribution < 1.29 is 9.47 Å². The van der Waals surface area contributed by atoms with Gasteiger partial charge in [-0.25, -0.2) is 0 Å². The van der Waals surface area contributed by atoms with Crippen molar-refractivity contribution in [3.8, 4) is 11.5 Å². The maximum atomic E-state index is 5.43. The number of guanidine groups is 1. The summed E-state index contributed by atoms with van der Waals surface area (Å²) in [6, 6.07) is 16.5. The average Bonchev–Trinajstić information content (AvgIpc) is 2.70. The van der Waals surface area contributed by atoms with E-state index in [2.05, 4.69) is 59.8 Å². The smallest absolute Gasteiger partial charge is 0.191 e. The number of aliphatic imine (C=N–C) groups is 1. The van der Waals surface area contributed by atoms with Gasteiger partial charge in [-0.3, -0.25) is 4.99 Å². The molecule has 2 aromatic rings. The summed E-state index contributed by atoms with van der Waals surface area (Å²) in [4.78, 5) is 4.33. The molecule has 2 N–H and O–H groups in total. The highest BCUT2D eigenvalue weighted by atomic mass is 16.5. The van der Waals surface area contributed by atoms with Gasteiger partial charge >= 0.3 is 0 Å². The third-order valence-electron chi connectivity index (χ3n) is 4.64. The predicted molar refractivity (Wildman–Crippen MR) is 112 cm³/mol. The Kier molecular flexibility index (Phi) is 7.53. The minimum absolute atomic E-state index is 0.101. The van der Waals surface area contributed by atoms with Crippen molar-refractivity contribution in [3.05, 3.63) is 59.7 Å². The standard InChI is InChI=1S/C22H31N3O2/c1-22(2,18-11-12-19(26-4)20(15-18)27-5)16-25-21(23-3)24-14-13-17-9-7-6-8-10-17/h6-12,15H,13-14,16H2,1-5H3,(H2,23,24,25). The highest BCUT2D eigenvalue weighted by molar-refractivity contribution is 5.79. The Bertz CT molecular complexity index is 742. The number of hydrogen-bond donors (Lipinski definition) is 2. The third kappa shape index (κ3) is 5.91. The first-order chi connectivity index (χ1) is 13.0. The molecule has 2 rings (SSSR count). The van der Waals surface area contributed by atoms with Crippen LogP contribution in [-0.4, -0.2) is 40.3 Å². The van der Waals surface area contributed by atoms with Crippen molar-refractivity contribution in [3.63, 3.8) is 0 Å². The second kappa shape index (κ2) is 9.86. The van der Waals surface area contributed by atoms with E-state index in [1.807, 2.05) is 18.2 Å². The summed E-state index contributed by atoms with van der Waals surface area (Å²) in [6.07, 6.45) is 0.959. The first kappa shape index (κ1) is 20.6. The molecule has 0 aromatic heterocycles. The SMILES string of the molecule is CN=C(NCCc1ccccc1)NCC(C)(C)c1ccc(OC)c(OC)c1. The Morgan fingerprint density at radius 2 is 1.67 bits per heavy atom. The van der Waals surface area contributed by atoms with Gasteiger partial charge in [0, 0.05) is 25.6 Å². The molecule has 27 heavy (non-hydrogen) atoms. The molecule has 146 valence electrons. The zero-order valence-electron chi connectivity index (χ0n) is 17.0. The zero-order valence-corrected chi connectivity index (χ0v) is 17.0. The number of rotatable bonds is 8. The topological polar surface area (TPSA) is 54.9 Å². The number of methoxy groups -OCH3 is 2. The summed E-state index contributed by atoms with van der Waals surface area (Å²) in [7, 11) is 5.10. The van der Waals surface area contributed by atoms with Crippen LogP contribution in [0.3, 0.4) is 0 Å². The van der Waals surface area contributed by atoms with Crippen LogP contribution in [0.15, 0.2) is 53.5 Å². The quantitative estimate of drug-likeness (QED) is 0.553. The maximum absolute atomic E-state index is 5.43. The number of nitrogens with zero attached hydrogens (tertiary/aromatic N) is 1. The van der Waals surface area contributed by atoms with Crippen LogP contribution in [0.2, 0.25) is 0 Å². The lowest BCUT2D eigenvalue weighted by molar-refractivity contribution is 0.353. The summed E-state index contributed by atoms with van der Waals surface area (Å²) < 4.78 is 10.8. The first-order valence-corrected chi connectivity index (χ1v) is 9.21. The van der Waals surface area contributed by atoms with Crippen LogP contribution < -0.4 is 20.1 Å². The zero-order chi connectivity index (χ0) is 19.7. The van der Waals surface area contributed by atoms with Crippen LogP contribution in [-0.2, 0) is 11.8 Å². The lowest BCUT2D eigenvalue weighted by Crippen LogP contribution is -2.44. The third-order valence-corrected chi connectivity index (χ3v) is 4.64. The molecule has 0 aliphatic heterocycles. The minimum Gasteiger partial charge on any atom is -0.493 e. The molecule has 0 aliphatic rings. The Hall–Kier alpha value is -2.69. The van der Waals surface area contributed by atoms with Crippen LogP contribution >= 0.6 is 0 Å². The van der Waals surface area contributed by atoms with Crippen molar-refractivity contribution in [2.75, 3.05) is 34.4 Å². The molecule has 5 heteroatoms. The summed E-state index contributed by atoms with van der Waals surface area (Å²) >= 11 is 0. The Balaban J connectivity index is 1.92. The van der Waals surface area contributed by atoms with E-state index in [0.29, 0.717) is 0 Å². The number of benzene rings is 2. The molecule has 0 spiro atoms. The summed E-state index contributed by atoms with van der Waals surface area (Å²) in [6.45, 7) is 5.96. The van der Waals surface area contributed by atoms with Gasteiger partial charge in [-0.15, -0.1) is 0 Å². The molecular weight excluding hydrogens is 338 g/mol. The average molecular weight is 370 g/mol. The van der Waals surface area contributed by atoms with Gasteiger partial charge < -0.3 is 20.1 Å². The fraction of sp³-hybridized carbons (Fsp3) is 0.409. The molecule has 0 saturated heterocycles. The van der Waals surface area contributed by atoms with E-state index in [1.165, 1.54) is 11.1 Å². The molecule has 2 aromatic carbocycles. The molecule has 0 radical (unpaired) electrons. The first-order valence-electron chi connectivity index (χ1n) is 9.21. The number of nitrogens with one attached hydrogen (secondary N) is 2. The van der Waals surface area contributed by atoms with E-state index in [4.69, 9.17) is 9.47 Å². The maximum Gasteiger partial charge on any atom is 0.191 e.